The molecule has 1 saturated heterocycles. The molecular formula is C15H20N2O5. The highest BCUT2D eigenvalue weighted by atomic mass is 16.6. The molecule has 2 rings (SSSR count). The number of carbonyl (C=O) groups is 1. The van der Waals surface area contributed by atoms with Crippen molar-refractivity contribution in [1.29, 1.82) is 0 Å². The van der Waals surface area contributed by atoms with Crippen LogP contribution in [0.2, 0.25) is 0 Å². The molecule has 0 aromatic heterocycles. The summed E-state index contributed by atoms with van der Waals surface area (Å²) in [7, 11) is 2.83. The molecule has 7 heteroatoms. The van der Waals surface area contributed by atoms with Crippen molar-refractivity contribution in [3.63, 3.8) is 0 Å². The third kappa shape index (κ3) is 3.13. The first-order valence-electron chi connectivity index (χ1n) is 7.17. The van der Waals surface area contributed by atoms with E-state index in [-0.39, 0.29) is 22.9 Å². The number of hydrogen-bond acceptors (Lipinski definition) is 5. The van der Waals surface area contributed by atoms with Gasteiger partial charge in [0.25, 0.3) is 11.6 Å². The van der Waals surface area contributed by atoms with Crippen LogP contribution >= 0.6 is 0 Å². The number of nitro groups is 1. The first kappa shape index (κ1) is 16.1. The number of nitrogens with zero attached hydrogens (tertiary/aromatic N) is 2. The summed E-state index contributed by atoms with van der Waals surface area (Å²) < 4.78 is 10.2. The molecule has 0 unspecified atom stereocenters. The van der Waals surface area contributed by atoms with Crippen molar-refractivity contribution < 1.29 is 19.2 Å². The predicted molar refractivity (Wildman–Crippen MR) is 80.5 cm³/mol. The topological polar surface area (TPSA) is 81.9 Å². The van der Waals surface area contributed by atoms with E-state index in [2.05, 4.69) is 6.92 Å². The van der Waals surface area contributed by atoms with Crippen LogP contribution in [-0.2, 0) is 0 Å². The van der Waals surface area contributed by atoms with Crippen LogP contribution in [0.5, 0.6) is 11.5 Å². The number of benzene rings is 1. The highest BCUT2D eigenvalue weighted by molar-refractivity contribution is 5.99. The predicted octanol–water partition coefficient (Wildman–Crippen LogP) is 2.48. The average molecular weight is 308 g/mol. The Morgan fingerprint density at radius 1 is 1.23 bits per heavy atom. The number of hydrogen-bond donors (Lipinski definition) is 0. The summed E-state index contributed by atoms with van der Waals surface area (Å²) in [4.78, 5) is 25.0. The van der Waals surface area contributed by atoms with Crippen molar-refractivity contribution in [2.75, 3.05) is 27.3 Å². The van der Waals surface area contributed by atoms with Crippen LogP contribution in [0.3, 0.4) is 0 Å². The van der Waals surface area contributed by atoms with E-state index in [9.17, 15) is 14.9 Å². The first-order valence-corrected chi connectivity index (χ1v) is 7.17. The summed E-state index contributed by atoms with van der Waals surface area (Å²) in [6.45, 7) is 3.37. The smallest absolute Gasteiger partial charge is 0.286 e. The fourth-order valence-electron chi connectivity index (χ4n) is 2.57. The van der Waals surface area contributed by atoms with E-state index in [1.54, 1.807) is 4.90 Å². The minimum atomic E-state index is -0.568. The largest absolute Gasteiger partial charge is 0.493 e. The number of amides is 1. The Morgan fingerprint density at radius 2 is 1.77 bits per heavy atom. The van der Waals surface area contributed by atoms with Gasteiger partial charge in [-0.2, -0.15) is 0 Å². The van der Waals surface area contributed by atoms with E-state index in [0.717, 1.165) is 12.8 Å². The molecule has 0 N–H and O–H groups in total. The Balaban J connectivity index is 2.39. The Morgan fingerprint density at radius 3 is 2.27 bits per heavy atom. The molecule has 120 valence electrons. The molecule has 1 heterocycles. The Labute approximate surface area is 129 Å². The zero-order chi connectivity index (χ0) is 16.3. The number of likely N-dealkylation sites (tertiary alicyclic amines) is 1. The standard InChI is InChI=1S/C15H20N2O5/c1-10-4-6-16(7-5-10)15(18)11-8-13(21-2)14(22-3)9-12(11)17(19)20/h8-10H,4-7H2,1-3H3. The number of ether oxygens (including phenoxy) is 2. The monoisotopic (exact) mass is 308 g/mol. The Kier molecular flexibility index (Phi) is 4.85. The van der Waals surface area contributed by atoms with E-state index >= 15 is 0 Å². The van der Waals surface area contributed by atoms with Crippen LogP contribution in [0.15, 0.2) is 12.1 Å². The maximum atomic E-state index is 12.6. The second-order valence-corrected chi connectivity index (χ2v) is 5.46. The molecule has 1 aliphatic heterocycles. The lowest BCUT2D eigenvalue weighted by atomic mass is 9.98. The lowest BCUT2D eigenvalue weighted by Crippen LogP contribution is -2.38. The van der Waals surface area contributed by atoms with Gasteiger partial charge in [0.05, 0.1) is 25.2 Å². The molecule has 0 aliphatic carbocycles. The van der Waals surface area contributed by atoms with Crippen LogP contribution in [0.25, 0.3) is 0 Å². The van der Waals surface area contributed by atoms with Crippen LogP contribution < -0.4 is 9.47 Å². The number of methoxy groups -OCH3 is 2. The molecule has 7 nitrogen and oxygen atoms in total. The maximum absolute atomic E-state index is 12.6. The summed E-state index contributed by atoms with van der Waals surface area (Å²) in [5.74, 6) is 0.781. The number of piperidine rings is 1. The minimum Gasteiger partial charge on any atom is -0.493 e. The quantitative estimate of drug-likeness (QED) is 0.630. The molecule has 0 saturated carbocycles. The molecule has 1 aliphatic rings. The molecular weight excluding hydrogens is 288 g/mol. The van der Waals surface area contributed by atoms with E-state index < -0.39 is 4.92 Å². The first-order chi connectivity index (χ1) is 10.5. The molecule has 0 bridgehead atoms. The number of carbonyl (C=O) groups excluding carboxylic acids is 1. The second-order valence-electron chi connectivity index (χ2n) is 5.46. The van der Waals surface area contributed by atoms with Crippen molar-refractivity contribution in [1.82, 2.24) is 4.90 Å². The van der Waals surface area contributed by atoms with Gasteiger partial charge in [-0.3, -0.25) is 14.9 Å². The number of nitro benzene ring substituents is 1. The molecule has 1 fully saturated rings. The van der Waals surface area contributed by atoms with Gasteiger partial charge in [0.1, 0.15) is 5.56 Å². The lowest BCUT2D eigenvalue weighted by Gasteiger charge is -2.30. The zero-order valence-corrected chi connectivity index (χ0v) is 13.0. The second kappa shape index (κ2) is 6.64. The Hall–Kier alpha value is -2.31. The molecule has 0 spiro atoms. The normalized spacial score (nSPS) is 15.5. The summed E-state index contributed by atoms with van der Waals surface area (Å²) in [5, 5.41) is 11.3. The van der Waals surface area contributed by atoms with Crippen molar-refractivity contribution >= 4 is 11.6 Å². The van der Waals surface area contributed by atoms with Gasteiger partial charge in [-0.05, 0) is 18.8 Å². The van der Waals surface area contributed by atoms with Gasteiger partial charge in [0.15, 0.2) is 11.5 Å². The van der Waals surface area contributed by atoms with E-state index in [1.165, 1.54) is 26.4 Å². The molecule has 0 atom stereocenters. The van der Waals surface area contributed by atoms with Gasteiger partial charge < -0.3 is 14.4 Å². The van der Waals surface area contributed by atoms with Gasteiger partial charge in [-0.25, -0.2) is 0 Å². The lowest BCUT2D eigenvalue weighted by molar-refractivity contribution is -0.385. The summed E-state index contributed by atoms with van der Waals surface area (Å²) in [5.41, 5.74) is -0.224. The third-order valence-corrected chi connectivity index (χ3v) is 4.00. The fraction of sp³-hybridized carbons (Fsp3) is 0.533. The molecule has 1 amide bonds. The van der Waals surface area contributed by atoms with E-state index in [0.29, 0.717) is 24.8 Å². The van der Waals surface area contributed by atoms with Crippen molar-refractivity contribution in [2.45, 2.75) is 19.8 Å². The highest BCUT2D eigenvalue weighted by Crippen LogP contribution is 2.35. The van der Waals surface area contributed by atoms with Gasteiger partial charge in [-0.1, -0.05) is 6.92 Å². The third-order valence-electron chi connectivity index (χ3n) is 4.00. The van der Waals surface area contributed by atoms with E-state index in [4.69, 9.17) is 9.47 Å². The molecule has 1 aromatic carbocycles. The SMILES string of the molecule is COc1cc(C(=O)N2CCC(C)CC2)c([N+](=O)[O-])cc1OC. The van der Waals surface area contributed by atoms with Crippen LogP contribution in [0.4, 0.5) is 5.69 Å². The fourth-order valence-corrected chi connectivity index (χ4v) is 2.57. The van der Waals surface area contributed by atoms with Crippen molar-refractivity contribution in [3.8, 4) is 11.5 Å². The molecule has 22 heavy (non-hydrogen) atoms. The van der Waals surface area contributed by atoms with Crippen molar-refractivity contribution in [2.24, 2.45) is 5.92 Å². The van der Waals surface area contributed by atoms with Crippen molar-refractivity contribution in [3.05, 3.63) is 27.8 Å². The highest BCUT2D eigenvalue weighted by Gasteiger charge is 2.29. The summed E-state index contributed by atoms with van der Waals surface area (Å²) >= 11 is 0. The van der Waals surface area contributed by atoms with Crippen LogP contribution in [-0.4, -0.2) is 43.0 Å². The van der Waals surface area contributed by atoms with Gasteiger partial charge in [-0.15, -0.1) is 0 Å². The maximum Gasteiger partial charge on any atom is 0.286 e. The van der Waals surface area contributed by atoms with Crippen LogP contribution in [0.1, 0.15) is 30.1 Å². The molecule has 0 radical (unpaired) electrons. The van der Waals surface area contributed by atoms with Crippen LogP contribution in [0, 0.1) is 16.0 Å². The number of rotatable bonds is 4. The Bertz CT molecular complexity index is 580. The molecule has 1 aromatic rings. The minimum absolute atomic E-state index is 0.0391. The zero-order valence-electron chi connectivity index (χ0n) is 13.0. The average Bonchev–Trinajstić information content (AvgIpc) is 2.53. The summed E-state index contributed by atoms with van der Waals surface area (Å²) in [6.07, 6.45) is 1.82. The van der Waals surface area contributed by atoms with Gasteiger partial charge in [0, 0.05) is 19.2 Å². The summed E-state index contributed by atoms with van der Waals surface area (Å²) in [6, 6.07) is 2.62. The van der Waals surface area contributed by atoms with E-state index in [1.807, 2.05) is 0 Å². The van der Waals surface area contributed by atoms with Gasteiger partial charge >= 0.3 is 0 Å². The van der Waals surface area contributed by atoms with Gasteiger partial charge in [0.2, 0.25) is 0 Å².